The SMILES string of the molecule is CC(=O)C1CCCN(CCC(N)=O)C1. The molecule has 1 heterocycles. The lowest BCUT2D eigenvalue weighted by Gasteiger charge is -2.30. The molecule has 1 amide bonds. The standard InChI is InChI=1S/C10H18N2O2/c1-8(13)9-3-2-5-12(7-9)6-4-10(11)14/h9H,2-7H2,1H3,(H2,11,14). The summed E-state index contributed by atoms with van der Waals surface area (Å²) >= 11 is 0. The van der Waals surface area contributed by atoms with Crippen LogP contribution in [0.2, 0.25) is 0 Å². The van der Waals surface area contributed by atoms with Gasteiger partial charge in [-0.15, -0.1) is 0 Å². The molecular weight excluding hydrogens is 180 g/mol. The number of hydrogen-bond donors (Lipinski definition) is 1. The van der Waals surface area contributed by atoms with Crippen molar-refractivity contribution in [3.05, 3.63) is 0 Å². The Hall–Kier alpha value is -0.900. The minimum absolute atomic E-state index is 0.164. The molecule has 0 aromatic rings. The third kappa shape index (κ3) is 3.46. The predicted molar refractivity (Wildman–Crippen MR) is 53.7 cm³/mol. The predicted octanol–water partition coefficient (Wildman–Crippen LogP) is 0.163. The van der Waals surface area contributed by atoms with Crippen molar-refractivity contribution in [3.8, 4) is 0 Å². The Balaban J connectivity index is 2.32. The number of rotatable bonds is 4. The van der Waals surface area contributed by atoms with Gasteiger partial charge >= 0.3 is 0 Å². The smallest absolute Gasteiger partial charge is 0.218 e. The molecule has 1 saturated heterocycles. The van der Waals surface area contributed by atoms with Gasteiger partial charge < -0.3 is 10.6 Å². The first-order chi connectivity index (χ1) is 6.59. The van der Waals surface area contributed by atoms with Gasteiger partial charge in [-0.3, -0.25) is 9.59 Å². The summed E-state index contributed by atoms with van der Waals surface area (Å²) in [4.78, 5) is 23.9. The first kappa shape index (κ1) is 11.2. The second-order valence-electron chi connectivity index (χ2n) is 3.97. The maximum atomic E-state index is 11.2. The molecular formula is C10H18N2O2. The minimum atomic E-state index is -0.269. The number of carbonyl (C=O) groups is 2. The van der Waals surface area contributed by atoms with Gasteiger partial charge in [0, 0.05) is 25.4 Å². The van der Waals surface area contributed by atoms with Crippen molar-refractivity contribution < 1.29 is 9.59 Å². The Morgan fingerprint density at radius 1 is 1.50 bits per heavy atom. The van der Waals surface area contributed by atoms with Crippen molar-refractivity contribution >= 4 is 11.7 Å². The van der Waals surface area contributed by atoms with E-state index in [-0.39, 0.29) is 17.6 Å². The van der Waals surface area contributed by atoms with Crippen LogP contribution in [-0.2, 0) is 9.59 Å². The van der Waals surface area contributed by atoms with Gasteiger partial charge in [-0.05, 0) is 26.3 Å². The summed E-state index contributed by atoms with van der Waals surface area (Å²) in [6.45, 7) is 4.11. The van der Waals surface area contributed by atoms with Crippen molar-refractivity contribution in [1.29, 1.82) is 0 Å². The fourth-order valence-corrected chi connectivity index (χ4v) is 1.86. The van der Waals surface area contributed by atoms with Gasteiger partial charge in [0.1, 0.15) is 5.78 Å². The molecule has 1 aliphatic rings. The van der Waals surface area contributed by atoms with E-state index in [1.54, 1.807) is 6.92 Å². The van der Waals surface area contributed by atoms with Gasteiger partial charge in [-0.1, -0.05) is 0 Å². The number of likely N-dealkylation sites (tertiary alicyclic amines) is 1. The molecule has 4 heteroatoms. The van der Waals surface area contributed by atoms with E-state index in [1.807, 2.05) is 0 Å². The van der Waals surface area contributed by atoms with E-state index in [9.17, 15) is 9.59 Å². The average molecular weight is 198 g/mol. The van der Waals surface area contributed by atoms with Gasteiger partial charge in [0.05, 0.1) is 0 Å². The monoisotopic (exact) mass is 198 g/mol. The molecule has 1 unspecified atom stereocenters. The molecule has 1 rings (SSSR count). The van der Waals surface area contributed by atoms with Crippen LogP contribution in [0.5, 0.6) is 0 Å². The average Bonchev–Trinajstić information content (AvgIpc) is 2.15. The highest BCUT2D eigenvalue weighted by Gasteiger charge is 2.22. The van der Waals surface area contributed by atoms with Crippen LogP contribution in [0.25, 0.3) is 0 Å². The first-order valence-corrected chi connectivity index (χ1v) is 5.10. The highest BCUT2D eigenvalue weighted by molar-refractivity contribution is 5.78. The van der Waals surface area contributed by atoms with Gasteiger partial charge in [-0.25, -0.2) is 0 Å². The Morgan fingerprint density at radius 3 is 2.79 bits per heavy atom. The van der Waals surface area contributed by atoms with Gasteiger partial charge in [0.2, 0.25) is 5.91 Å². The largest absolute Gasteiger partial charge is 0.370 e. The van der Waals surface area contributed by atoms with Crippen LogP contribution in [0, 0.1) is 5.92 Å². The molecule has 0 radical (unpaired) electrons. The molecule has 0 saturated carbocycles. The van der Waals surface area contributed by atoms with Crippen LogP contribution in [-0.4, -0.2) is 36.2 Å². The lowest BCUT2D eigenvalue weighted by atomic mass is 9.94. The number of carbonyl (C=O) groups excluding carboxylic acids is 2. The van der Waals surface area contributed by atoms with Crippen LogP contribution in [0.15, 0.2) is 0 Å². The fraction of sp³-hybridized carbons (Fsp3) is 0.800. The summed E-state index contributed by atoms with van der Waals surface area (Å²) in [7, 11) is 0. The normalized spacial score (nSPS) is 23.4. The maximum absolute atomic E-state index is 11.2. The highest BCUT2D eigenvalue weighted by Crippen LogP contribution is 2.17. The number of piperidine rings is 1. The topological polar surface area (TPSA) is 63.4 Å². The van der Waals surface area contributed by atoms with Crippen molar-refractivity contribution in [2.75, 3.05) is 19.6 Å². The molecule has 2 N–H and O–H groups in total. The minimum Gasteiger partial charge on any atom is -0.370 e. The fourth-order valence-electron chi connectivity index (χ4n) is 1.86. The van der Waals surface area contributed by atoms with Crippen molar-refractivity contribution in [3.63, 3.8) is 0 Å². The van der Waals surface area contributed by atoms with E-state index in [4.69, 9.17) is 5.73 Å². The first-order valence-electron chi connectivity index (χ1n) is 5.10. The summed E-state index contributed by atoms with van der Waals surface area (Å²) < 4.78 is 0. The Bertz CT molecular complexity index is 228. The van der Waals surface area contributed by atoms with Gasteiger partial charge in [-0.2, -0.15) is 0 Å². The third-order valence-corrected chi connectivity index (χ3v) is 2.75. The molecule has 14 heavy (non-hydrogen) atoms. The van der Waals surface area contributed by atoms with E-state index in [1.165, 1.54) is 0 Å². The van der Waals surface area contributed by atoms with Crippen LogP contribution in [0.1, 0.15) is 26.2 Å². The number of primary amides is 1. The molecule has 1 aliphatic heterocycles. The van der Waals surface area contributed by atoms with E-state index in [0.29, 0.717) is 13.0 Å². The van der Waals surface area contributed by atoms with E-state index in [2.05, 4.69) is 4.90 Å². The molecule has 0 spiro atoms. The van der Waals surface area contributed by atoms with Crippen LogP contribution < -0.4 is 5.73 Å². The Morgan fingerprint density at radius 2 is 2.21 bits per heavy atom. The number of nitrogens with two attached hydrogens (primary N) is 1. The molecule has 1 fully saturated rings. The second-order valence-corrected chi connectivity index (χ2v) is 3.97. The molecule has 4 nitrogen and oxygen atoms in total. The quantitative estimate of drug-likeness (QED) is 0.700. The highest BCUT2D eigenvalue weighted by atomic mass is 16.1. The van der Waals surface area contributed by atoms with Gasteiger partial charge in [0.25, 0.3) is 0 Å². The second kappa shape index (κ2) is 5.10. The van der Waals surface area contributed by atoms with Gasteiger partial charge in [0.15, 0.2) is 0 Å². The van der Waals surface area contributed by atoms with Crippen molar-refractivity contribution in [2.45, 2.75) is 26.2 Å². The van der Waals surface area contributed by atoms with Crippen molar-refractivity contribution in [1.82, 2.24) is 4.90 Å². The Kier molecular flexibility index (Phi) is 4.07. The molecule has 1 atom stereocenters. The third-order valence-electron chi connectivity index (χ3n) is 2.75. The summed E-state index contributed by atoms with van der Waals surface area (Å²) in [5, 5.41) is 0. The zero-order valence-electron chi connectivity index (χ0n) is 8.66. The lowest BCUT2D eigenvalue weighted by Crippen LogP contribution is -2.39. The van der Waals surface area contributed by atoms with Crippen molar-refractivity contribution in [2.24, 2.45) is 11.7 Å². The number of amides is 1. The zero-order valence-corrected chi connectivity index (χ0v) is 8.66. The van der Waals surface area contributed by atoms with Crippen LogP contribution in [0.3, 0.4) is 0 Å². The lowest BCUT2D eigenvalue weighted by molar-refractivity contribution is -0.122. The summed E-state index contributed by atoms with van der Waals surface area (Å²) in [5.41, 5.74) is 5.07. The number of Topliss-reactive ketones (excluding diaryl/α,β-unsaturated/α-hetero) is 1. The summed E-state index contributed by atoms with van der Waals surface area (Å²) in [5.74, 6) is 0.153. The number of hydrogen-bond acceptors (Lipinski definition) is 3. The summed E-state index contributed by atoms with van der Waals surface area (Å²) in [6.07, 6.45) is 2.43. The van der Waals surface area contributed by atoms with E-state index >= 15 is 0 Å². The van der Waals surface area contributed by atoms with Crippen LogP contribution >= 0.6 is 0 Å². The molecule has 0 bridgehead atoms. The maximum Gasteiger partial charge on any atom is 0.218 e. The molecule has 0 aliphatic carbocycles. The van der Waals surface area contributed by atoms with E-state index in [0.717, 1.165) is 25.9 Å². The zero-order chi connectivity index (χ0) is 10.6. The molecule has 0 aromatic heterocycles. The van der Waals surface area contributed by atoms with E-state index < -0.39 is 0 Å². The molecule has 80 valence electrons. The number of ketones is 1. The Labute approximate surface area is 84.4 Å². The number of nitrogens with zero attached hydrogens (tertiary/aromatic N) is 1. The van der Waals surface area contributed by atoms with Crippen LogP contribution in [0.4, 0.5) is 0 Å². The summed E-state index contributed by atoms with van der Waals surface area (Å²) in [6, 6.07) is 0. The molecule has 0 aromatic carbocycles.